The minimum Gasteiger partial charge on any atom is -0.489 e. The average molecular weight is 315 g/mol. The second kappa shape index (κ2) is 6.88. The number of fused-ring (bicyclic) bond motifs is 1. The van der Waals surface area contributed by atoms with Gasteiger partial charge in [-0.3, -0.25) is 4.98 Å². The maximum absolute atomic E-state index is 5.88. The van der Waals surface area contributed by atoms with Crippen molar-refractivity contribution >= 4 is 0 Å². The molecule has 2 aromatic carbocycles. The number of hydrogen-bond donors (Lipinski definition) is 0. The molecule has 4 rings (SSSR count). The summed E-state index contributed by atoms with van der Waals surface area (Å²) < 4.78 is 5.88. The lowest BCUT2D eigenvalue weighted by Crippen LogP contribution is -2.12. The Morgan fingerprint density at radius 1 is 0.917 bits per heavy atom. The van der Waals surface area contributed by atoms with Gasteiger partial charge in [0.1, 0.15) is 12.4 Å². The Labute approximate surface area is 143 Å². The van der Waals surface area contributed by atoms with Crippen molar-refractivity contribution in [3.05, 3.63) is 95.3 Å². The van der Waals surface area contributed by atoms with Crippen molar-refractivity contribution in [3.63, 3.8) is 0 Å². The molecule has 0 spiro atoms. The van der Waals surface area contributed by atoms with Crippen molar-refractivity contribution < 1.29 is 4.74 Å². The largest absolute Gasteiger partial charge is 0.489 e. The summed E-state index contributed by atoms with van der Waals surface area (Å²) in [5.41, 5.74) is 5.46. The highest BCUT2D eigenvalue weighted by Gasteiger charge is 2.20. The van der Waals surface area contributed by atoms with Crippen LogP contribution >= 0.6 is 0 Å². The van der Waals surface area contributed by atoms with Gasteiger partial charge in [0, 0.05) is 12.4 Å². The number of hydrogen-bond acceptors (Lipinski definition) is 2. The number of benzene rings is 2. The Morgan fingerprint density at radius 3 is 2.58 bits per heavy atom. The van der Waals surface area contributed by atoms with Crippen molar-refractivity contribution in [3.8, 4) is 5.75 Å². The van der Waals surface area contributed by atoms with Gasteiger partial charge in [0.2, 0.25) is 0 Å². The van der Waals surface area contributed by atoms with Crippen LogP contribution in [0, 0.1) is 0 Å². The molecule has 0 bridgehead atoms. The van der Waals surface area contributed by atoms with E-state index >= 15 is 0 Å². The summed E-state index contributed by atoms with van der Waals surface area (Å²) >= 11 is 0. The molecule has 0 fully saturated rings. The first kappa shape index (κ1) is 14.9. The molecular formula is C22H21NO. The van der Waals surface area contributed by atoms with E-state index in [2.05, 4.69) is 47.4 Å². The van der Waals surface area contributed by atoms with Crippen molar-refractivity contribution in [1.29, 1.82) is 0 Å². The lowest BCUT2D eigenvalue weighted by atomic mass is 9.81. The van der Waals surface area contributed by atoms with Crippen LogP contribution in [-0.2, 0) is 19.4 Å². The van der Waals surface area contributed by atoms with Crippen LogP contribution in [-0.4, -0.2) is 4.98 Å². The highest BCUT2D eigenvalue weighted by molar-refractivity contribution is 5.34. The summed E-state index contributed by atoms with van der Waals surface area (Å²) in [4.78, 5) is 4.27. The Bertz CT molecular complexity index is 796. The zero-order chi connectivity index (χ0) is 16.2. The predicted molar refractivity (Wildman–Crippen MR) is 96.2 cm³/mol. The van der Waals surface area contributed by atoms with Gasteiger partial charge in [-0.1, -0.05) is 42.5 Å². The maximum Gasteiger partial charge on any atom is 0.119 e. The molecule has 24 heavy (non-hydrogen) atoms. The van der Waals surface area contributed by atoms with Gasteiger partial charge in [-0.2, -0.15) is 0 Å². The molecule has 2 nitrogen and oxygen atoms in total. The van der Waals surface area contributed by atoms with Crippen LogP contribution in [0.25, 0.3) is 0 Å². The number of nitrogens with zero attached hydrogens (tertiary/aromatic N) is 1. The third-order valence-corrected chi connectivity index (χ3v) is 4.83. The number of ether oxygens (including phenoxy) is 1. The first-order valence-corrected chi connectivity index (χ1v) is 8.57. The topological polar surface area (TPSA) is 22.1 Å². The minimum absolute atomic E-state index is 0.588. The van der Waals surface area contributed by atoms with Crippen molar-refractivity contribution in [2.45, 2.75) is 31.8 Å². The maximum atomic E-state index is 5.88. The Hall–Kier alpha value is -2.61. The van der Waals surface area contributed by atoms with Crippen LogP contribution in [0.1, 0.15) is 34.6 Å². The van der Waals surface area contributed by atoms with E-state index in [0.29, 0.717) is 12.5 Å². The fraction of sp³-hybridized carbons (Fsp3) is 0.227. The Morgan fingerprint density at radius 2 is 1.75 bits per heavy atom. The average Bonchev–Trinajstić information content (AvgIpc) is 2.67. The smallest absolute Gasteiger partial charge is 0.119 e. The van der Waals surface area contributed by atoms with Gasteiger partial charge < -0.3 is 4.74 Å². The molecule has 0 radical (unpaired) electrons. The van der Waals surface area contributed by atoms with Crippen LogP contribution in [0.15, 0.2) is 73.1 Å². The molecule has 1 aliphatic carbocycles. The highest BCUT2D eigenvalue weighted by Crippen LogP contribution is 2.32. The molecule has 0 amide bonds. The summed E-state index contributed by atoms with van der Waals surface area (Å²) in [6, 6.07) is 21.0. The van der Waals surface area contributed by atoms with E-state index in [1.807, 2.05) is 30.6 Å². The van der Waals surface area contributed by atoms with Gasteiger partial charge >= 0.3 is 0 Å². The van der Waals surface area contributed by atoms with Crippen LogP contribution in [0.3, 0.4) is 0 Å². The fourth-order valence-corrected chi connectivity index (χ4v) is 3.44. The number of aryl methyl sites for hydroxylation is 1. The van der Waals surface area contributed by atoms with Gasteiger partial charge in [0.05, 0.1) is 0 Å². The van der Waals surface area contributed by atoms with Gasteiger partial charge in [0.15, 0.2) is 0 Å². The summed E-state index contributed by atoms with van der Waals surface area (Å²) in [5, 5.41) is 0. The van der Waals surface area contributed by atoms with Crippen LogP contribution < -0.4 is 4.74 Å². The molecule has 1 atom stereocenters. The van der Waals surface area contributed by atoms with E-state index in [1.54, 1.807) is 0 Å². The monoisotopic (exact) mass is 315 g/mol. The fourth-order valence-electron chi connectivity index (χ4n) is 3.44. The second-order valence-electron chi connectivity index (χ2n) is 6.43. The molecule has 3 aromatic rings. The molecular weight excluding hydrogens is 294 g/mol. The third-order valence-electron chi connectivity index (χ3n) is 4.83. The Kier molecular flexibility index (Phi) is 4.28. The standard InChI is InChI=1S/C22H21NO/c1-2-4-17(5-3-1)16-24-22-10-8-18(9-11-22)20-7-6-19-12-13-23-15-21(19)14-20/h1-5,8-13,15,20H,6-7,14,16H2. The summed E-state index contributed by atoms with van der Waals surface area (Å²) in [6.07, 6.45) is 7.38. The predicted octanol–water partition coefficient (Wildman–Crippen LogP) is 4.93. The van der Waals surface area contributed by atoms with Gasteiger partial charge in [-0.05, 0) is 65.6 Å². The number of pyridine rings is 1. The lowest BCUT2D eigenvalue weighted by Gasteiger charge is -2.24. The Balaban J connectivity index is 1.41. The summed E-state index contributed by atoms with van der Waals surface area (Å²) in [7, 11) is 0. The van der Waals surface area contributed by atoms with E-state index in [9.17, 15) is 0 Å². The first-order valence-electron chi connectivity index (χ1n) is 8.57. The summed E-state index contributed by atoms with van der Waals surface area (Å²) in [5.74, 6) is 1.52. The van der Waals surface area contributed by atoms with Gasteiger partial charge in [-0.25, -0.2) is 0 Å². The first-order chi connectivity index (χ1) is 11.9. The SMILES string of the molecule is c1ccc(COc2ccc(C3CCc4ccncc4C3)cc2)cc1. The van der Waals surface area contributed by atoms with Crippen molar-refractivity contribution in [2.75, 3.05) is 0 Å². The normalized spacial score (nSPS) is 16.4. The van der Waals surface area contributed by atoms with Crippen LogP contribution in [0.5, 0.6) is 5.75 Å². The van der Waals surface area contributed by atoms with E-state index in [4.69, 9.17) is 4.74 Å². The summed E-state index contributed by atoms with van der Waals surface area (Å²) in [6.45, 7) is 0.614. The minimum atomic E-state index is 0.588. The number of aromatic nitrogens is 1. The van der Waals surface area contributed by atoms with E-state index in [-0.39, 0.29) is 0 Å². The van der Waals surface area contributed by atoms with E-state index in [0.717, 1.165) is 18.6 Å². The molecule has 1 aromatic heterocycles. The molecule has 1 unspecified atom stereocenters. The van der Waals surface area contributed by atoms with Crippen molar-refractivity contribution in [2.24, 2.45) is 0 Å². The molecule has 0 aliphatic heterocycles. The van der Waals surface area contributed by atoms with E-state index < -0.39 is 0 Å². The molecule has 0 saturated heterocycles. The van der Waals surface area contributed by atoms with E-state index in [1.165, 1.54) is 28.7 Å². The zero-order valence-corrected chi connectivity index (χ0v) is 13.7. The number of rotatable bonds is 4. The van der Waals surface area contributed by atoms with Gasteiger partial charge in [0.25, 0.3) is 0 Å². The second-order valence-corrected chi connectivity index (χ2v) is 6.43. The quantitative estimate of drug-likeness (QED) is 0.681. The molecule has 2 heteroatoms. The molecule has 0 N–H and O–H groups in total. The van der Waals surface area contributed by atoms with Crippen molar-refractivity contribution in [1.82, 2.24) is 4.98 Å². The highest BCUT2D eigenvalue weighted by atomic mass is 16.5. The van der Waals surface area contributed by atoms with Gasteiger partial charge in [-0.15, -0.1) is 0 Å². The molecule has 1 aliphatic rings. The van der Waals surface area contributed by atoms with Crippen LogP contribution in [0.2, 0.25) is 0 Å². The molecule has 120 valence electrons. The molecule has 1 heterocycles. The molecule has 0 saturated carbocycles. The third kappa shape index (κ3) is 3.33. The van der Waals surface area contributed by atoms with Crippen LogP contribution in [0.4, 0.5) is 0 Å². The lowest BCUT2D eigenvalue weighted by molar-refractivity contribution is 0.306. The zero-order valence-electron chi connectivity index (χ0n) is 13.7.